The van der Waals surface area contributed by atoms with E-state index in [0.29, 0.717) is 10.6 Å². The first kappa shape index (κ1) is 14.0. The van der Waals surface area contributed by atoms with Gasteiger partial charge in [-0.25, -0.2) is 8.42 Å². The lowest BCUT2D eigenvalue weighted by Gasteiger charge is -2.14. The molecule has 0 fully saturated rings. The quantitative estimate of drug-likeness (QED) is 0.929. The summed E-state index contributed by atoms with van der Waals surface area (Å²) in [5.41, 5.74) is 4.38. The predicted octanol–water partition coefficient (Wildman–Crippen LogP) is 1.49. The molecule has 2 rings (SSSR count). The summed E-state index contributed by atoms with van der Waals surface area (Å²) >= 11 is 5.78. The van der Waals surface area contributed by atoms with Gasteiger partial charge in [-0.05, 0) is 35.9 Å². The highest BCUT2D eigenvalue weighted by atomic mass is 35.5. The molecular formula is C13H14ClN2O2S+. The van der Waals surface area contributed by atoms with E-state index in [2.05, 4.69) is 10.7 Å². The third-order valence-electron chi connectivity index (χ3n) is 2.84. The van der Waals surface area contributed by atoms with E-state index in [0.717, 1.165) is 0 Å². The fourth-order valence-corrected chi connectivity index (χ4v) is 3.63. The molecule has 1 heterocycles. The molecule has 19 heavy (non-hydrogen) atoms. The van der Waals surface area contributed by atoms with Crippen molar-refractivity contribution in [3.8, 4) is 0 Å². The molecule has 0 radical (unpaired) electrons. The monoisotopic (exact) mass is 297 g/mol. The Bertz CT molecular complexity index is 642. The van der Waals surface area contributed by atoms with Crippen molar-refractivity contribution in [2.24, 2.45) is 0 Å². The summed E-state index contributed by atoms with van der Waals surface area (Å²) in [7, 11) is -3.48. The molecule has 1 aromatic carbocycles. The summed E-state index contributed by atoms with van der Waals surface area (Å²) in [5, 5.41) is -0.186. The highest BCUT2D eigenvalue weighted by molar-refractivity contribution is 7.91. The van der Waals surface area contributed by atoms with Gasteiger partial charge in [0, 0.05) is 17.4 Å². The lowest BCUT2D eigenvalue weighted by molar-refractivity contribution is -0.367. The van der Waals surface area contributed by atoms with Crippen LogP contribution in [0.3, 0.4) is 0 Å². The average Bonchev–Trinajstić information content (AvgIpc) is 2.41. The Balaban J connectivity index is 2.45. The van der Waals surface area contributed by atoms with Crippen LogP contribution < -0.4 is 5.73 Å². The molecule has 0 bridgehead atoms. The molecule has 1 aromatic heterocycles. The lowest BCUT2D eigenvalue weighted by atomic mass is 10.2. The first-order valence-corrected chi connectivity index (χ1v) is 7.67. The molecule has 0 aliphatic rings. The standard InChI is InChI=1S/C13H13ClN2O2S/c14-11-3-5-12(6-4-11)19(17,18)13(8-15)10-2-1-7-16-9-10/h1-7,9,13H,8,15H2/p+1/t13-/m1/s1. The first-order chi connectivity index (χ1) is 9.05. The number of aromatic nitrogens is 1. The molecule has 0 saturated heterocycles. The highest BCUT2D eigenvalue weighted by Crippen LogP contribution is 2.27. The average molecular weight is 298 g/mol. The molecule has 0 amide bonds. The van der Waals surface area contributed by atoms with Gasteiger partial charge in [-0.1, -0.05) is 17.7 Å². The zero-order chi connectivity index (χ0) is 13.9. The number of sulfone groups is 1. The van der Waals surface area contributed by atoms with E-state index in [1.54, 1.807) is 36.7 Å². The van der Waals surface area contributed by atoms with Crippen molar-refractivity contribution in [2.45, 2.75) is 10.1 Å². The molecule has 1 atom stereocenters. The van der Waals surface area contributed by atoms with Gasteiger partial charge >= 0.3 is 0 Å². The topological polar surface area (TPSA) is 74.7 Å². The normalized spacial score (nSPS) is 13.2. The highest BCUT2D eigenvalue weighted by Gasteiger charge is 2.29. The summed E-state index contributed by atoms with van der Waals surface area (Å²) in [4.78, 5) is 4.21. The Morgan fingerprint density at radius 2 is 1.89 bits per heavy atom. The Morgan fingerprint density at radius 1 is 1.21 bits per heavy atom. The fourth-order valence-electron chi connectivity index (χ4n) is 1.86. The van der Waals surface area contributed by atoms with Gasteiger partial charge in [-0.2, -0.15) is 0 Å². The number of pyridine rings is 1. The third-order valence-corrected chi connectivity index (χ3v) is 5.27. The zero-order valence-corrected chi connectivity index (χ0v) is 11.7. The van der Waals surface area contributed by atoms with Crippen molar-refractivity contribution in [3.05, 3.63) is 59.4 Å². The van der Waals surface area contributed by atoms with E-state index in [-0.39, 0.29) is 11.4 Å². The van der Waals surface area contributed by atoms with Crippen LogP contribution in [0.5, 0.6) is 0 Å². The SMILES string of the molecule is [NH3+]C[C@H](c1cccnc1)S(=O)(=O)c1ccc(Cl)cc1. The number of halogens is 1. The summed E-state index contributed by atoms with van der Waals surface area (Å²) in [5.74, 6) is 0. The minimum atomic E-state index is -3.48. The molecule has 0 unspecified atom stereocenters. The van der Waals surface area contributed by atoms with E-state index < -0.39 is 15.1 Å². The van der Waals surface area contributed by atoms with Crippen LogP contribution in [0.1, 0.15) is 10.8 Å². The second-order valence-electron chi connectivity index (χ2n) is 4.06. The van der Waals surface area contributed by atoms with Crippen LogP contribution in [-0.4, -0.2) is 19.9 Å². The van der Waals surface area contributed by atoms with Gasteiger partial charge in [0.15, 0.2) is 9.84 Å². The third kappa shape index (κ3) is 2.94. The molecule has 0 aliphatic carbocycles. The van der Waals surface area contributed by atoms with Gasteiger partial charge in [0.1, 0.15) is 5.25 Å². The maximum atomic E-state index is 12.6. The van der Waals surface area contributed by atoms with Crippen LogP contribution in [-0.2, 0) is 9.84 Å². The van der Waals surface area contributed by atoms with Gasteiger partial charge in [0.2, 0.25) is 0 Å². The van der Waals surface area contributed by atoms with Gasteiger partial charge in [0.25, 0.3) is 0 Å². The van der Waals surface area contributed by atoms with Crippen molar-refractivity contribution in [1.82, 2.24) is 4.98 Å². The van der Waals surface area contributed by atoms with Gasteiger partial charge in [-0.15, -0.1) is 0 Å². The molecule has 3 N–H and O–H groups in total. The van der Waals surface area contributed by atoms with Crippen LogP contribution in [0.4, 0.5) is 0 Å². The van der Waals surface area contributed by atoms with E-state index in [1.165, 1.54) is 12.1 Å². The van der Waals surface area contributed by atoms with Gasteiger partial charge in [-0.3, -0.25) is 4.98 Å². The van der Waals surface area contributed by atoms with E-state index in [1.807, 2.05) is 0 Å². The molecule has 0 spiro atoms. The first-order valence-electron chi connectivity index (χ1n) is 5.74. The van der Waals surface area contributed by atoms with Crippen molar-refractivity contribution in [2.75, 3.05) is 6.54 Å². The van der Waals surface area contributed by atoms with Gasteiger partial charge < -0.3 is 5.73 Å². The number of hydrogen-bond acceptors (Lipinski definition) is 3. The van der Waals surface area contributed by atoms with Crippen LogP contribution in [0.15, 0.2) is 53.7 Å². The van der Waals surface area contributed by atoms with Crippen molar-refractivity contribution < 1.29 is 14.2 Å². The lowest BCUT2D eigenvalue weighted by Crippen LogP contribution is -2.54. The molecular weight excluding hydrogens is 284 g/mol. The molecule has 0 saturated carbocycles. The predicted molar refractivity (Wildman–Crippen MR) is 73.4 cm³/mol. The summed E-state index contributed by atoms with van der Waals surface area (Å²) < 4.78 is 25.1. The van der Waals surface area contributed by atoms with E-state index in [4.69, 9.17) is 11.6 Å². The number of benzene rings is 1. The van der Waals surface area contributed by atoms with E-state index >= 15 is 0 Å². The molecule has 2 aromatic rings. The number of nitrogens with zero attached hydrogens (tertiary/aromatic N) is 1. The second-order valence-corrected chi connectivity index (χ2v) is 6.63. The molecule has 100 valence electrons. The smallest absolute Gasteiger partial charge is 0.190 e. The summed E-state index contributed by atoms with van der Waals surface area (Å²) in [6.45, 7) is 0.247. The Hall–Kier alpha value is -1.43. The summed E-state index contributed by atoms with van der Waals surface area (Å²) in [6, 6.07) is 9.62. The number of hydrogen-bond donors (Lipinski definition) is 1. The molecule has 6 heteroatoms. The Kier molecular flexibility index (Phi) is 4.19. The number of rotatable bonds is 4. The van der Waals surface area contributed by atoms with Crippen LogP contribution in [0.25, 0.3) is 0 Å². The van der Waals surface area contributed by atoms with Crippen LogP contribution in [0, 0.1) is 0 Å². The molecule has 0 aliphatic heterocycles. The minimum absolute atomic E-state index is 0.245. The largest absolute Gasteiger partial charge is 0.356 e. The second kappa shape index (κ2) is 5.69. The zero-order valence-electron chi connectivity index (χ0n) is 10.2. The van der Waals surface area contributed by atoms with Crippen molar-refractivity contribution >= 4 is 21.4 Å². The Morgan fingerprint density at radius 3 is 2.42 bits per heavy atom. The van der Waals surface area contributed by atoms with E-state index in [9.17, 15) is 8.42 Å². The van der Waals surface area contributed by atoms with Crippen molar-refractivity contribution in [1.29, 1.82) is 0 Å². The maximum absolute atomic E-state index is 12.6. The van der Waals surface area contributed by atoms with Crippen LogP contribution in [0.2, 0.25) is 5.02 Å². The number of quaternary nitrogens is 1. The van der Waals surface area contributed by atoms with Crippen molar-refractivity contribution in [3.63, 3.8) is 0 Å². The van der Waals surface area contributed by atoms with Crippen LogP contribution >= 0.6 is 11.6 Å². The van der Waals surface area contributed by atoms with Gasteiger partial charge in [0.05, 0.1) is 11.4 Å². The minimum Gasteiger partial charge on any atom is -0.356 e. The fraction of sp³-hybridized carbons (Fsp3) is 0.154. The molecule has 4 nitrogen and oxygen atoms in total. The summed E-state index contributed by atoms with van der Waals surface area (Å²) in [6.07, 6.45) is 3.17. The Labute approximate surface area is 117 Å². The maximum Gasteiger partial charge on any atom is 0.190 e.